The number of hydrogen-bond donors (Lipinski definition) is 0. The number of amides is 1. The van der Waals surface area contributed by atoms with Gasteiger partial charge in [-0.3, -0.25) is 9.69 Å². The van der Waals surface area contributed by atoms with Crippen LogP contribution < -0.4 is 0 Å². The van der Waals surface area contributed by atoms with Crippen LogP contribution in [-0.2, 0) is 6.54 Å². The van der Waals surface area contributed by atoms with Crippen LogP contribution >= 0.6 is 11.6 Å². The molecule has 0 unspecified atom stereocenters. The van der Waals surface area contributed by atoms with Gasteiger partial charge >= 0.3 is 0 Å². The number of nitrogens with zero attached hydrogens (tertiary/aromatic N) is 2. The van der Waals surface area contributed by atoms with Crippen LogP contribution in [0.3, 0.4) is 0 Å². The summed E-state index contributed by atoms with van der Waals surface area (Å²) in [6.45, 7) is 4.04. The Balaban J connectivity index is 1.38. The van der Waals surface area contributed by atoms with Gasteiger partial charge in [-0.05, 0) is 29.8 Å². The third kappa shape index (κ3) is 4.07. The molecule has 0 saturated carbocycles. The third-order valence-corrected chi connectivity index (χ3v) is 5.19. The molecule has 0 N–H and O–H groups in total. The molecular weight excluding hydrogens is 360 g/mol. The molecule has 0 spiro atoms. The van der Waals surface area contributed by atoms with Crippen LogP contribution in [0.4, 0.5) is 0 Å². The van der Waals surface area contributed by atoms with Gasteiger partial charge in [0.15, 0.2) is 5.76 Å². The van der Waals surface area contributed by atoms with E-state index in [0.717, 1.165) is 25.2 Å². The molecule has 3 aromatic rings. The van der Waals surface area contributed by atoms with Crippen LogP contribution in [0.5, 0.6) is 0 Å². The van der Waals surface area contributed by atoms with Crippen molar-refractivity contribution in [3.8, 4) is 11.3 Å². The van der Waals surface area contributed by atoms with Crippen molar-refractivity contribution >= 4 is 17.5 Å². The van der Waals surface area contributed by atoms with Gasteiger partial charge in [-0.15, -0.1) is 0 Å². The van der Waals surface area contributed by atoms with Gasteiger partial charge in [0.2, 0.25) is 0 Å². The molecule has 0 bridgehead atoms. The van der Waals surface area contributed by atoms with Crippen molar-refractivity contribution in [2.24, 2.45) is 0 Å². The number of furan rings is 1. The molecule has 4 nitrogen and oxygen atoms in total. The lowest BCUT2D eigenvalue weighted by molar-refractivity contribution is 0.0598. The Morgan fingerprint density at radius 3 is 2.33 bits per heavy atom. The topological polar surface area (TPSA) is 36.7 Å². The fourth-order valence-electron chi connectivity index (χ4n) is 3.37. The second kappa shape index (κ2) is 7.99. The minimum atomic E-state index is -0.0623. The summed E-state index contributed by atoms with van der Waals surface area (Å²) < 4.78 is 5.80. The van der Waals surface area contributed by atoms with Crippen molar-refractivity contribution in [1.29, 1.82) is 0 Å². The Morgan fingerprint density at radius 2 is 1.59 bits per heavy atom. The van der Waals surface area contributed by atoms with E-state index < -0.39 is 0 Å². The Bertz CT molecular complexity index is 915. The first-order valence-corrected chi connectivity index (χ1v) is 9.49. The van der Waals surface area contributed by atoms with E-state index in [1.54, 1.807) is 12.1 Å². The van der Waals surface area contributed by atoms with Crippen molar-refractivity contribution < 1.29 is 9.21 Å². The van der Waals surface area contributed by atoms with Crippen LogP contribution in [0.1, 0.15) is 16.1 Å². The van der Waals surface area contributed by atoms with Gasteiger partial charge in [0.25, 0.3) is 5.91 Å². The molecule has 1 amide bonds. The summed E-state index contributed by atoms with van der Waals surface area (Å²) in [5, 5.41) is 0.611. The molecule has 1 aliphatic rings. The maximum Gasteiger partial charge on any atom is 0.289 e. The summed E-state index contributed by atoms with van der Waals surface area (Å²) >= 11 is 6.22. The van der Waals surface area contributed by atoms with E-state index in [2.05, 4.69) is 29.2 Å². The van der Waals surface area contributed by atoms with E-state index in [0.29, 0.717) is 29.6 Å². The first-order valence-electron chi connectivity index (χ1n) is 9.11. The Kier molecular flexibility index (Phi) is 5.28. The van der Waals surface area contributed by atoms with Crippen LogP contribution in [0.2, 0.25) is 5.02 Å². The molecule has 2 aromatic carbocycles. The number of piperazine rings is 1. The fourth-order valence-corrected chi connectivity index (χ4v) is 3.59. The highest BCUT2D eigenvalue weighted by atomic mass is 35.5. The van der Waals surface area contributed by atoms with Gasteiger partial charge in [-0.1, -0.05) is 54.1 Å². The molecule has 2 heterocycles. The minimum absolute atomic E-state index is 0.0623. The number of benzene rings is 2. The Morgan fingerprint density at radius 1 is 0.889 bits per heavy atom. The standard InChI is InChI=1S/C22H21ClN2O2/c23-19-9-5-4-8-18(19)20-10-11-21(27-20)22(26)25-14-12-24(13-15-25)16-17-6-2-1-3-7-17/h1-11H,12-16H2. The van der Waals surface area contributed by atoms with E-state index in [1.807, 2.05) is 35.2 Å². The number of carbonyl (C=O) groups excluding carboxylic acids is 1. The molecule has 1 aliphatic heterocycles. The van der Waals surface area contributed by atoms with Gasteiger partial charge in [-0.2, -0.15) is 0 Å². The van der Waals surface area contributed by atoms with Gasteiger partial charge in [0, 0.05) is 38.3 Å². The summed E-state index contributed by atoms with van der Waals surface area (Å²) in [5.74, 6) is 0.917. The van der Waals surface area contributed by atoms with Crippen molar-refractivity contribution in [2.75, 3.05) is 26.2 Å². The molecule has 27 heavy (non-hydrogen) atoms. The zero-order valence-corrected chi connectivity index (χ0v) is 15.7. The smallest absolute Gasteiger partial charge is 0.289 e. The number of halogens is 1. The highest BCUT2D eigenvalue weighted by molar-refractivity contribution is 6.33. The van der Waals surface area contributed by atoms with E-state index in [-0.39, 0.29) is 5.91 Å². The highest BCUT2D eigenvalue weighted by Crippen LogP contribution is 2.29. The summed E-state index contributed by atoms with van der Waals surface area (Å²) in [7, 11) is 0. The summed E-state index contributed by atoms with van der Waals surface area (Å²) in [6, 6.07) is 21.4. The molecule has 4 rings (SSSR count). The van der Waals surface area contributed by atoms with E-state index in [9.17, 15) is 4.79 Å². The first-order chi connectivity index (χ1) is 13.2. The molecule has 0 atom stereocenters. The van der Waals surface area contributed by atoms with E-state index in [4.69, 9.17) is 16.0 Å². The molecular formula is C22H21ClN2O2. The Hall–Kier alpha value is -2.56. The Labute approximate surface area is 164 Å². The molecule has 0 radical (unpaired) electrons. The molecule has 5 heteroatoms. The van der Waals surface area contributed by atoms with Crippen molar-refractivity contribution in [2.45, 2.75) is 6.54 Å². The second-order valence-electron chi connectivity index (χ2n) is 6.70. The van der Waals surface area contributed by atoms with Crippen LogP contribution in [0.25, 0.3) is 11.3 Å². The van der Waals surface area contributed by atoms with Crippen LogP contribution in [0.15, 0.2) is 71.1 Å². The van der Waals surface area contributed by atoms with E-state index >= 15 is 0 Å². The maximum absolute atomic E-state index is 12.8. The average Bonchev–Trinajstić information content (AvgIpc) is 3.19. The van der Waals surface area contributed by atoms with Crippen LogP contribution in [0, 0.1) is 0 Å². The van der Waals surface area contributed by atoms with E-state index in [1.165, 1.54) is 5.56 Å². The molecule has 138 valence electrons. The molecule has 1 saturated heterocycles. The maximum atomic E-state index is 12.8. The lowest BCUT2D eigenvalue weighted by Gasteiger charge is -2.34. The van der Waals surface area contributed by atoms with Crippen molar-refractivity contribution in [1.82, 2.24) is 9.80 Å². The quantitative estimate of drug-likeness (QED) is 0.665. The lowest BCUT2D eigenvalue weighted by atomic mass is 10.2. The first kappa shape index (κ1) is 17.8. The summed E-state index contributed by atoms with van der Waals surface area (Å²) in [6.07, 6.45) is 0. The lowest BCUT2D eigenvalue weighted by Crippen LogP contribution is -2.48. The molecule has 1 fully saturated rings. The number of hydrogen-bond acceptors (Lipinski definition) is 3. The minimum Gasteiger partial charge on any atom is -0.451 e. The predicted octanol–water partition coefficient (Wildman–Crippen LogP) is 4.56. The zero-order valence-electron chi connectivity index (χ0n) is 15.0. The van der Waals surface area contributed by atoms with Gasteiger partial charge in [0.05, 0.1) is 5.02 Å². The summed E-state index contributed by atoms with van der Waals surface area (Å²) in [4.78, 5) is 17.0. The normalized spacial score (nSPS) is 15.1. The zero-order chi connectivity index (χ0) is 18.6. The molecule has 1 aromatic heterocycles. The van der Waals surface area contributed by atoms with Crippen molar-refractivity contribution in [3.63, 3.8) is 0 Å². The monoisotopic (exact) mass is 380 g/mol. The SMILES string of the molecule is O=C(c1ccc(-c2ccccc2Cl)o1)N1CCN(Cc2ccccc2)CC1. The number of rotatable bonds is 4. The van der Waals surface area contributed by atoms with Gasteiger partial charge < -0.3 is 9.32 Å². The molecule has 0 aliphatic carbocycles. The van der Waals surface area contributed by atoms with Crippen LogP contribution in [-0.4, -0.2) is 41.9 Å². The second-order valence-corrected chi connectivity index (χ2v) is 7.10. The summed E-state index contributed by atoms with van der Waals surface area (Å²) in [5.41, 5.74) is 2.10. The highest BCUT2D eigenvalue weighted by Gasteiger charge is 2.24. The predicted molar refractivity (Wildman–Crippen MR) is 107 cm³/mol. The third-order valence-electron chi connectivity index (χ3n) is 4.86. The average molecular weight is 381 g/mol. The fraction of sp³-hybridized carbons (Fsp3) is 0.227. The van der Waals surface area contributed by atoms with Gasteiger partial charge in [0.1, 0.15) is 5.76 Å². The largest absolute Gasteiger partial charge is 0.451 e. The number of carbonyl (C=O) groups is 1. The van der Waals surface area contributed by atoms with Crippen molar-refractivity contribution in [3.05, 3.63) is 83.1 Å². The van der Waals surface area contributed by atoms with Gasteiger partial charge in [-0.25, -0.2) is 0 Å².